The molecule has 0 radical (unpaired) electrons. The Morgan fingerprint density at radius 1 is 1.36 bits per heavy atom. The monoisotopic (exact) mass is 301 g/mol. The van der Waals surface area contributed by atoms with Crippen molar-refractivity contribution in [3.05, 3.63) is 32.9 Å². The van der Waals surface area contributed by atoms with Gasteiger partial charge < -0.3 is 5.32 Å². The van der Waals surface area contributed by atoms with E-state index in [1.807, 2.05) is 0 Å². The van der Waals surface area contributed by atoms with Crippen molar-refractivity contribution in [2.75, 3.05) is 6.54 Å². The third-order valence-corrected chi connectivity index (χ3v) is 3.71. The minimum Gasteiger partial charge on any atom is -0.313 e. The van der Waals surface area contributed by atoms with Crippen molar-refractivity contribution in [3.8, 4) is 0 Å². The van der Waals surface area contributed by atoms with Crippen LogP contribution in [0.15, 0.2) is 18.2 Å². The molecule has 76 valence electrons. The Morgan fingerprint density at radius 3 is 2.93 bits per heavy atom. The van der Waals surface area contributed by atoms with Crippen LogP contribution in [0, 0.1) is 3.57 Å². The van der Waals surface area contributed by atoms with Gasteiger partial charge in [-0.3, -0.25) is 0 Å². The SMILES string of the molecule is CC1(C)CCNCc2ccc(I)cc21. The predicted octanol–water partition coefficient (Wildman–Crippen LogP) is 3.06. The first-order chi connectivity index (χ1) is 6.59. The molecule has 1 heterocycles. The molecule has 0 fully saturated rings. The number of halogens is 1. The van der Waals surface area contributed by atoms with E-state index in [4.69, 9.17) is 0 Å². The summed E-state index contributed by atoms with van der Waals surface area (Å²) in [6.07, 6.45) is 1.22. The molecule has 1 N–H and O–H groups in total. The maximum Gasteiger partial charge on any atom is 0.0208 e. The van der Waals surface area contributed by atoms with Crippen LogP contribution in [-0.2, 0) is 12.0 Å². The Hall–Kier alpha value is -0.0900. The maximum absolute atomic E-state index is 3.48. The van der Waals surface area contributed by atoms with Gasteiger partial charge in [-0.05, 0) is 64.2 Å². The summed E-state index contributed by atoms with van der Waals surface area (Å²) in [7, 11) is 0. The smallest absolute Gasteiger partial charge is 0.0208 e. The van der Waals surface area contributed by atoms with Gasteiger partial charge >= 0.3 is 0 Å². The topological polar surface area (TPSA) is 12.0 Å². The Kier molecular flexibility index (Phi) is 2.84. The molecule has 0 saturated carbocycles. The van der Waals surface area contributed by atoms with Crippen LogP contribution < -0.4 is 5.32 Å². The van der Waals surface area contributed by atoms with Crippen LogP contribution in [0.1, 0.15) is 31.4 Å². The van der Waals surface area contributed by atoms with E-state index in [0.717, 1.165) is 13.1 Å². The summed E-state index contributed by atoms with van der Waals surface area (Å²) in [4.78, 5) is 0. The van der Waals surface area contributed by atoms with Crippen molar-refractivity contribution >= 4 is 22.6 Å². The van der Waals surface area contributed by atoms with Crippen LogP contribution in [0.3, 0.4) is 0 Å². The normalized spacial score (nSPS) is 19.9. The fraction of sp³-hybridized carbons (Fsp3) is 0.500. The molecular formula is C12H16IN. The van der Waals surface area contributed by atoms with Gasteiger partial charge in [0.05, 0.1) is 0 Å². The maximum atomic E-state index is 3.48. The predicted molar refractivity (Wildman–Crippen MR) is 68.5 cm³/mol. The Morgan fingerprint density at radius 2 is 2.14 bits per heavy atom. The number of hydrogen-bond acceptors (Lipinski definition) is 1. The minimum absolute atomic E-state index is 0.319. The van der Waals surface area contributed by atoms with Gasteiger partial charge in [0.1, 0.15) is 0 Å². The van der Waals surface area contributed by atoms with Gasteiger partial charge in [-0.1, -0.05) is 19.9 Å². The van der Waals surface area contributed by atoms with Crippen molar-refractivity contribution in [3.63, 3.8) is 0 Å². The fourth-order valence-electron chi connectivity index (χ4n) is 2.09. The molecule has 0 spiro atoms. The molecule has 0 atom stereocenters. The molecule has 0 aliphatic carbocycles. The van der Waals surface area contributed by atoms with Crippen molar-refractivity contribution in [1.29, 1.82) is 0 Å². The van der Waals surface area contributed by atoms with E-state index < -0.39 is 0 Å². The molecule has 0 unspecified atom stereocenters. The number of hydrogen-bond donors (Lipinski definition) is 1. The molecule has 0 saturated heterocycles. The molecule has 2 heteroatoms. The van der Waals surface area contributed by atoms with Gasteiger partial charge in [-0.2, -0.15) is 0 Å². The summed E-state index contributed by atoms with van der Waals surface area (Å²) in [6.45, 7) is 6.83. The zero-order valence-electron chi connectivity index (χ0n) is 8.73. The lowest BCUT2D eigenvalue weighted by molar-refractivity contribution is 0.477. The van der Waals surface area contributed by atoms with Crippen LogP contribution in [0.4, 0.5) is 0 Å². The fourth-order valence-corrected chi connectivity index (χ4v) is 2.58. The molecule has 0 bridgehead atoms. The molecule has 1 aliphatic heterocycles. The summed E-state index contributed by atoms with van der Waals surface area (Å²) < 4.78 is 1.34. The Labute approximate surface area is 99.4 Å². The summed E-state index contributed by atoms with van der Waals surface area (Å²) in [5, 5.41) is 3.48. The molecule has 1 aliphatic rings. The zero-order valence-corrected chi connectivity index (χ0v) is 10.9. The number of fused-ring (bicyclic) bond motifs is 1. The largest absolute Gasteiger partial charge is 0.313 e. The first kappa shape index (κ1) is 10.4. The van der Waals surface area contributed by atoms with Crippen molar-refractivity contribution < 1.29 is 0 Å². The second-order valence-electron chi connectivity index (χ2n) is 4.61. The number of nitrogens with one attached hydrogen (secondary N) is 1. The van der Waals surface area contributed by atoms with Crippen LogP contribution in [0.25, 0.3) is 0 Å². The van der Waals surface area contributed by atoms with Gasteiger partial charge in [-0.25, -0.2) is 0 Å². The molecule has 2 rings (SSSR count). The van der Waals surface area contributed by atoms with Crippen LogP contribution in [0.2, 0.25) is 0 Å². The van der Waals surface area contributed by atoms with Gasteiger partial charge in [0, 0.05) is 10.1 Å². The zero-order chi connectivity index (χ0) is 10.2. The second-order valence-corrected chi connectivity index (χ2v) is 5.86. The third-order valence-electron chi connectivity index (χ3n) is 3.04. The lowest BCUT2D eigenvalue weighted by Gasteiger charge is -2.25. The first-order valence-electron chi connectivity index (χ1n) is 5.09. The van der Waals surface area contributed by atoms with E-state index >= 15 is 0 Å². The van der Waals surface area contributed by atoms with E-state index in [1.54, 1.807) is 0 Å². The van der Waals surface area contributed by atoms with E-state index in [0.29, 0.717) is 5.41 Å². The minimum atomic E-state index is 0.319. The van der Waals surface area contributed by atoms with Gasteiger partial charge in [0.2, 0.25) is 0 Å². The number of benzene rings is 1. The molecule has 1 nitrogen and oxygen atoms in total. The highest BCUT2D eigenvalue weighted by atomic mass is 127. The van der Waals surface area contributed by atoms with Crippen LogP contribution in [-0.4, -0.2) is 6.54 Å². The average molecular weight is 301 g/mol. The second kappa shape index (κ2) is 3.81. The Balaban J connectivity index is 2.52. The molecule has 0 amide bonds. The number of rotatable bonds is 0. The summed E-state index contributed by atoms with van der Waals surface area (Å²) in [5.41, 5.74) is 3.31. The standard InChI is InChI=1S/C12H16IN/c1-12(2)5-6-14-8-9-3-4-10(13)7-11(9)12/h3-4,7,14H,5-6,8H2,1-2H3. The summed E-state index contributed by atoms with van der Waals surface area (Å²) in [6, 6.07) is 6.79. The van der Waals surface area contributed by atoms with Crippen molar-refractivity contribution in [1.82, 2.24) is 5.32 Å². The van der Waals surface area contributed by atoms with E-state index in [-0.39, 0.29) is 0 Å². The average Bonchev–Trinajstić information content (AvgIpc) is 2.26. The van der Waals surface area contributed by atoms with E-state index in [1.165, 1.54) is 21.1 Å². The van der Waals surface area contributed by atoms with Gasteiger partial charge in [0.25, 0.3) is 0 Å². The van der Waals surface area contributed by atoms with Crippen LogP contribution >= 0.6 is 22.6 Å². The molecule has 14 heavy (non-hydrogen) atoms. The Bertz CT molecular complexity index is 344. The van der Waals surface area contributed by atoms with E-state index in [9.17, 15) is 0 Å². The highest BCUT2D eigenvalue weighted by molar-refractivity contribution is 14.1. The summed E-state index contributed by atoms with van der Waals surface area (Å²) >= 11 is 2.39. The van der Waals surface area contributed by atoms with Gasteiger partial charge in [0.15, 0.2) is 0 Å². The lowest BCUT2D eigenvalue weighted by Crippen LogP contribution is -2.20. The van der Waals surface area contributed by atoms with E-state index in [2.05, 4.69) is 60.0 Å². The summed E-state index contributed by atoms with van der Waals surface area (Å²) in [5.74, 6) is 0. The molecule has 1 aromatic carbocycles. The molecule has 0 aromatic heterocycles. The highest BCUT2D eigenvalue weighted by Gasteiger charge is 2.25. The highest BCUT2D eigenvalue weighted by Crippen LogP contribution is 2.32. The quantitative estimate of drug-likeness (QED) is 0.726. The molecular weight excluding hydrogens is 285 g/mol. The van der Waals surface area contributed by atoms with Crippen LogP contribution in [0.5, 0.6) is 0 Å². The van der Waals surface area contributed by atoms with Crippen molar-refractivity contribution in [2.24, 2.45) is 0 Å². The van der Waals surface area contributed by atoms with Gasteiger partial charge in [-0.15, -0.1) is 0 Å². The first-order valence-corrected chi connectivity index (χ1v) is 6.17. The third kappa shape index (κ3) is 1.96. The van der Waals surface area contributed by atoms with Crippen molar-refractivity contribution in [2.45, 2.75) is 32.2 Å². The molecule has 1 aromatic rings. The lowest BCUT2D eigenvalue weighted by atomic mass is 9.80.